The molecule has 13 heavy (non-hydrogen) atoms. The van der Waals surface area contributed by atoms with E-state index < -0.39 is 0 Å². The van der Waals surface area contributed by atoms with Crippen LogP contribution in [-0.2, 0) is 0 Å². The first-order valence-corrected chi connectivity index (χ1v) is 4.68. The smallest absolute Gasteiger partial charge is 0.125 e. The first-order valence-electron chi connectivity index (χ1n) is 3.86. The van der Waals surface area contributed by atoms with Crippen molar-refractivity contribution in [3.05, 3.63) is 40.4 Å². The third-order valence-electron chi connectivity index (χ3n) is 1.48. The third kappa shape index (κ3) is 3.71. The van der Waals surface area contributed by atoms with E-state index >= 15 is 0 Å². The zero-order valence-corrected chi connectivity index (χ0v) is 8.77. The van der Waals surface area contributed by atoms with Crippen molar-refractivity contribution in [3.63, 3.8) is 0 Å². The first kappa shape index (κ1) is 10.4. The SMILES string of the molecule is Cc1cccc(OC/C(Cl)=C/Cl)c1. The molecule has 0 saturated carbocycles. The minimum absolute atomic E-state index is 0.314. The molecule has 70 valence electrons. The summed E-state index contributed by atoms with van der Waals surface area (Å²) in [4.78, 5) is 0. The summed E-state index contributed by atoms with van der Waals surface area (Å²) in [6.45, 7) is 2.32. The van der Waals surface area contributed by atoms with Crippen LogP contribution in [0.4, 0.5) is 0 Å². The van der Waals surface area contributed by atoms with E-state index in [2.05, 4.69) is 0 Å². The Bertz CT molecular complexity index is 308. The Balaban J connectivity index is 2.55. The van der Waals surface area contributed by atoms with E-state index in [0.717, 1.165) is 11.3 Å². The van der Waals surface area contributed by atoms with Crippen LogP contribution in [0.5, 0.6) is 5.75 Å². The largest absolute Gasteiger partial charge is 0.488 e. The molecule has 3 heteroatoms. The van der Waals surface area contributed by atoms with E-state index in [1.807, 2.05) is 31.2 Å². The van der Waals surface area contributed by atoms with Gasteiger partial charge in [-0.2, -0.15) is 0 Å². The maximum Gasteiger partial charge on any atom is 0.125 e. The van der Waals surface area contributed by atoms with E-state index in [1.165, 1.54) is 5.54 Å². The topological polar surface area (TPSA) is 9.23 Å². The van der Waals surface area contributed by atoms with Gasteiger partial charge in [0.15, 0.2) is 0 Å². The van der Waals surface area contributed by atoms with Crippen LogP contribution < -0.4 is 4.74 Å². The van der Waals surface area contributed by atoms with E-state index in [-0.39, 0.29) is 0 Å². The molecule has 1 aromatic carbocycles. The van der Waals surface area contributed by atoms with Crippen LogP contribution in [0.2, 0.25) is 0 Å². The Morgan fingerprint density at radius 2 is 2.31 bits per heavy atom. The molecule has 0 bridgehead atoms. The minimum atomic E-state index is 0.314. The molecule has 0 radical (unpaired) electrons. The molecular formula is C10H10Cl2O. The summed E-state index contributed by atoms with van der Waals surface area (Å²) >= 11 is 11.0. The molecule has 1 nitrogen and oxygen atoms in total. The lowest BCUT2D eigenvalue weighted by Gasteiger charge is -2.04. The minimum Gasteiger partial charge on any atom is -0.488 e. The molecule has 0 fully saturated rings. The molecular weight excluding hydrogens is 207 g/mol. The van der Waals surface area contributed by atoms with Crippen molar-refractivity contribution in [2.24, 2.45) is 0 Å². The van der Waals surface area contributed by atoms with Gasteiger partial charge in [0.05, 0.1) is 5.03 Å². The lowest BCUT2D eigenvalue weighted by atomic mass is 10.2. The van der Waals surface area contributed by atoms with Gasteiger partial charge in [-0.15, -0.1) is 0 Å². The molecule has 0 aliphatic rings. The van der Waals surface area contributed by atoms with E-state index in [4.69, 9.17) is 27.9 Å². The molecule has 0 amide bonds. The van der Waals surface area contributed by atoms with Crippen LogP contribution in [0.1, 0.15) is 5.56 Å². The molecule has 0 spiro atoms. The highest BCUT2D eigenvalue weighted by Gasteiger charge is 1.95. The predicted octanol–water partition coefficient (Wildman–Crippen LogP) is 3.69. The second kappa shape index (κ2) is 5.15. The molecule has 0 unspecified atom stereocenters. The summed E-state index contributed by atoms with van der Waals surface area (Å²) in [5.41, 5.74) is 2.46. The second-order valence-electron chi connectivity index (χ2n) is 2.66. The summed E-state index contributed by atoms with van der Waals surface area (Å²) in [6.07, 6.45) is 0. The van der Waals surface area contributed by atoms with Gasteiger partial charge in [-0.25, -0.2) is 0 Å². The molecule has 0 N–H and O–H groups in total. The lowest BCUT2D eigenvalue weighted by Crippen LogP contribution is -1.96. The van der Waals surface area contributed by atoms with Gasteiger partial charge < -0.3 is 4.74 Å². The maximum absolute atomic E-state index is 5.66. The number of halogens is 2. The van der Waals surface area contributed by atoms with E-state index in [0.29, 0.717) is 11.6 Å². The van der Waals surface area contributed by atoms with Gasteiger partial charge in [0.2, 0.25) is 0 Å². The fourth-order valence-electron chi connectivity index (χ4n) is 0.889. The maximum atomic E-state index is 5.66. The summed E-state index contributed by atoms with van der Waals surface area (Å²) in [6, 6.07) is 7.76. The summed E-state index contributed by atoms with van der Waals surface area (Å²) in [5, 5.41) is 0.489. The van der Waals surface area contributed by atoms with Crippen molar-refractivity contribution in [1.29, 1.82) is 0 Å². The molecule has 0 aromatic heterocycles. The van der Waals surface area contributed by atoms with Crippen LogP contribution in [0.25, 0.3) is 0 Å². The second-order valence-corrected chi connectivity index (χ2v) is 3.36. The highest BCUT2D eigenvalue weighted by atomic mass is 35.5. The summed E-state index contributed by atoms with van der Waals surface area (Å²) in [7, 11) is 0. The average Bonchev–Trinajstić information content (AvgIpc) is 2.14. The Kier molecular flexibility index (Phi) is 4.13. The molecule has 1 aromatic rings. The van der Waals surface area contributed by atoms with Crippen LogP contribution in [0.3, 0.4) is 0 Å². The monoisotopic (exact) mass is 216 g/mol. The van der Waals surface area contributed by atoms with Crippen LogP contribution in [-0.4, -0.2) is 6.61 Å². The third-order valence-corrected chi connectivity index (χ3v) is 2.08. The van der Waals surface area contributed by atoms with Gasteiger partial charge >= 0.3 is 0 Å². The Morgan fingerprint density at radius 3 is 2.92 bits per heavy atom. The zero-order valence-electron chi connectivity index (χ0n) is 7.26. The molecule has 0 atom stereocenters. The zero-order chi connectivity index (χ0) is 9.68. The predicted molar refractivity (Wildman–Crippen MR) is 56.5 cm³/mol. The summed E-state index contributed by atoms with van der Waals surface area (Å²) < 4.78 is 5.35. The van der Waals surface area contributed by atoms with Crippen molar-refractivity contribution in [3.8, 4) is 5.75 Å². The van der Waals surface area contributed by atoms with E-state index in [9.17, 15) is 0 Å². The van der Waals surface area contributed by atoms with Crippen LogP contribution in [0.15, 0.2) is 34.8 Å². The standard InChI is InChI=1S/C10H10Cl2O/c1-8-3-2-4-10(5-8)13-7-9(12)6-11/h2-6H,7H2,1H3/b9-6-. The van der Waals surface area contributed by atoms with Gasteiger partial charge in [0.1, 0.15) is 12.4 Å². The Hall–Kier alpha value is -0.660. The highest BCUT2D eigenvalue weighted by molar-refractivity contribution is 6.36. The number of rotatable bonds is 3. The molecule has 0 aliphatic carbocycles. The molecule has 0 saturated heterocycles. The van der Waals surface area contributed by atoms with Crippen molar-refractivity contribution in [2.45, 2.75) is 6.92 Å². The number of benzene rings is 1. The Labute approximate surface area is 87.9 Å². The highest BCUT2D eigenvalue weighted by Crippen LogP contribution is 2.14. The quantitative estimate of drug-likeness (QED) is 0.750. The van der Waals surface area contributed by atoms with Crippen LogP contribution in [0, 0.1) is 6.92 Å². The average molecular weight is 217 g/mol. The number of hydrogen-bond donors (Lipinski definition) is 0. The van der Waals surface area contributed by atoms with Gasteiger partial charge in [0, 0.05) is 5.54 Å². The molecule has 1 rings (SSSR count). The van der Waals surface area contributed by atoms with Gasteiger partial charge in [0.25, 0.3) is 0 Å². The fraction of sp³-hybridized carbons (Fsp3) is 0.200. The van der Waals surface area contributed by atoms with Gasteiger partial charge in [-0.3, -0.25) is 0 Å². The fourth-order valence-corrected chi connectivity index (χ4v) is 1.01. The van der Waals surface area contributed by atoms with Crippen molar-refractivity contribution >= 4 is 23.2 Å². The van der Waals surface area contributed by atoms with Crippen molar-refractivity contribution in [2.75, 3.05) is 6.61 Å². The molecule has 0 heterocycles. The number of aryl methyl sites for hydroxylation is 1. The van der Waals surface area contributed by atoms with Crippen LogP contribution >= 0.6 is 23.2 Å². The van der Waals surface area contributed by atoms with Gasteiger partial charge in [-0.05, 0) is 24.6 Å². The van der Waals surface area contributed by atoms with E-state index in [1.54, 1.807) is 0 Å². The number of hydrogen-bond acceptors (Lipinski definition) is 1. The Morgan fingerprint density at radius 1 is 1.54 bits per heavy atom. The first-order chi connectivity index (χ1) is 6.22. The van der Waals surface area contributed by atoms with Gasteiger partial charge in [-0.1, -0.05) is 35.3 Å². The normalized spacial score (nSPS) is 11.5. The molecule has 0 aliphatic heterocycles. The summed E-state index contributed by atoms with van der Waals surface area (Å²) in [5.74, 6) is 0.802. The number of ether oxygens (including phenoxy) is 1. The van der Waals surface area contributed by atoms with Crippen molar-refractivity contribution in [1.82, 2.24) is 0 Å². The lowest BCUT2D eigenvalue weighted by molar-refractivity contribution is 0.359. The van der Waals surface area contributed by atoms with Crippen molar-refractivity contribution < 1.29 is 4.74 Å².